The van der Waals surface area contributed by atoms with Gasteiger partial charge >= 0.3 is 5.97 Å². The van der Waals surface area contributed by atoms with Crippen molar-refractivity contribution in [2.75, 3.05) is 11.9 Å². The van der Waals surface area contributed by atoms with Crippen LogP contribution in [-0.4, -0.2) is 29.4 Å². The minimum atomic E-state index is -1.05. The normalized spacial score (nSPS) is 10.3. The van der Waals surface area contributed by atoms with E-state index in [0.717, 1.165) is 16.7 Å². The van der Waals surface area contributed by atoms with Crippen LogP contribution in [0.3, 0.4) is 0 Å². The number of hydrogen-bond acceptors (Lipinski definition) is 3. The van der Waals surface area contributed by atoms with Crippen LogP contribution in [0.25, 0.3) is 0 Å². The molecule has 2 aromatic carbocycles. The number of amides is 2. The van der Waals surface area contributed by atoms with Gasteiger partial charge in [0.05, 0.1) is 12.1 Å². The molecule has 6 heteroatoms. The highest BCUT2D eigenvalue weighted by molar-refractivity contribution is 6.00. The van der Waals surface area contributed by atoms with Crippen LogP contribution in [0.15, 0.2) is 30.3 Å². The molecule has 2 amide bonds. The first-order chi connectivity index (χ1) is 12.2. The number of carbonyl (C=O) groups is 3. The van der Waals surface area contributed by atoms with E-state index in [0.29, 0.717) is 16.8 Å². The molecule has 3 N–H and O–H groups in total. The van der Waals surface area contributed by atoms with Gasteiger partial charge in [-0.25, -0.2) is 4.79 Å². The van der Waals surface area contributed by atoms with Crippen molar-refractivity contribution in [2.24, 2.45) is 0 Å². The largest absolute Gasteiger partial charge is 0.478 e. The molecule has 0 fully saturated rings. The standard InChI is InChI=1S/C20H22N2O4/c1-11-5-6-15(8-12(11)2)19(24)21-10-18(23)22-17-9-16(20(25)26)13(3)7-14(17)4/h5-9H,10H2,1-4H3,(H,21,24)(H,22,23)(H,25,26). The van der Waals surface area contributed by atoms with Gasteiger partial charge in [0.2, 0.25) is 5.91 Å². The third-order valence-corrected chi connectivity index (χ3v) is 4.25. The number of carbonyl (C=O) groups excluding carboxylic acids is 2. The zero-order chi connectivity index (χ0) is 19.4. The summed E-state index contributed by atoms with van der Waals surface area (Å²) in [5, 5.41) is 14.4. The molecule has 136 valence electrons. The minimum Gasteiger partial charge on any atom is -0.478 e. The van der Waals surface area contributed by atoms with Gasteiger partial charge in [-0.2, -0.15) is 0 Å². The van der Waals surface area contributed by atoms with Crippen molar-refractivity contribution in [1.82, 2.24) is 5.32 Å². The summed E-state index contributed by atoms with van der Waals surface area (Å²) in [6, 6.07) is 8.46. The Kier molecular flexibility index (Phi) is 5.77. The molecule has 0 heterocycles. The van der Waals surface area contributed by atoms with E-state index in [9.17, 15) is 19.5 Å². The van der Waals surface area contributed by atoms with E-state index in [1.165, 1.54) is 6.07 Å². The Hall–Kier alpha value is -3.15. The Labute approximate surface area is 152 Å². The van der Waals surface area contributed by atoms with E-state index >= 15 is 0 Å². The van der Waals surface area contributed by atoms with Gasteiger partial charge in [-0.15, -0.1) is 0 Å². The smallest absolute Gasteiger partial charge is 0.336 e. The number of rotatable bonds is 5. The van der Waals surface area contributed by atoms with Crippen molar-refractivity contribution in [3.8, 4) is 0 Å². The fourth-order valence-corrected chi connectivity index (χ4v) is 2.56. The van der Waals surface area contributed by atoms with Crippen LogP contribution >= 0.6 is 0 Å². The maximum Gasteiger partial charge on any atom is 0.336 e. The first-order valence-electron chi connectivity index (χ1n) is 8.19. The molecule has 0 saturated carbocycles. The Morgan fingerprint density at radius 3 is 2.19 bits per heavy atom. The van der Waals surface area contributed by atoms with Crippen LogP contribution in [0.5, 0.6) is 0 Å². The van der Waals surface area contributed by atoms with Crippen molar-refractivity contribution >= 4 is 23.5 Å². The molecular formula is C20H22N2O4. The van der Waals surface area contributed by atoms with Crippen LogP contribution in [0.4, 0.5) is 5.69 Å². The number of aromatic carboxylic acids is 1. The maximum absolute atomic E-state index is 12.2. The average Bonchev–Trinajstić information content (AvgIpc) is 2.57. The van der Waals surface area contributed by atoms with Gasteiger partial charge in [0, 0.05) is 11.3 Å². The van der Waals surface area contributed by atoms with Crippen molar-refractivity contribution in [3.05, 3.63) is 63.7 Å². The van der Waals surface area contributed by atoms with Crippen molar-refractivity contribution in [2.45, 2.75) is 27.7 Å². The molecule has 6 nitrogen and oxygen atoms in total. The molecule has 0 aromatic heterocycles. The number of nitrogens with one attached hydrogen (secondary N) is 2. The molecule has 0 aliphatic heterocycles. The topological polar surface area (TPSA) is 95.5 Å². The van der Waals surface area contributed by atoms with E-state index in [2.05, 4.69) is 10.6 Å². The molecule has 0 aliphatic carbocycles. The van der Waals surface area contributed by atoms with Crippen molar-refractivity contribution in [3.63, 3.8) is 0 Å². The summed E-state index contributed by atoms with van der Waals surface area (Å²) >= 11 is 0. The first kappa shape index (κ1) is 19.2. The summed E-state index contributed by atoms with van der Waals surface area (Å²) in [6.45, 7) is 7.15. The summed E-state index contributed by atoms with van der Waals surface area (Å²) in [5.41, 5.74) is 4.49. The zero-order valence-electron chi connectivity index (χ0n) is 15.3. The third kappa shape index (κ3) is 4.47. The Bertz CT molecular complexity index is 888. The van der Waals surface area contributed by atoms with E-state index in [-0.39, 0.29) is 18.0 Å². The SMILES string of the molecule is Cc1ccc(C(=O)NCC(=O)Nc2cc(C(=O)O)c(C)cc2C)cc1C. The number of hydrogen-bond donors (Lipinski definition) is 3. The fourth-order valence-electron chi connectivity index (χ4n) is 2.56. The molecule has 26 heavy (non-hydrogen) atoms. The predicted octanol–water partition coefficient (Wildman–Crippen LogP) is 2.99. The van der Waals surface area contributed by atoms with Crippen LogP contribution in [-0.2, 0) is 4.79 Å². The van der Waals surface area contributed by atoms with E-state index < -0.39 is 11.9 Å². The zero-order valence-corrected chi connectivity index (χ0v) is 15.3. The summed E-state index contributed by atoms with van der Waals surface area (Å²) in [6.07, 6.45) is 0. The van der Waals surface area contributed by atoms with Gasteiger partial charge in [0.25, 0.3) is 5.91 Å². The molecule has 0 saturated heterocycles. The second kappa shape index (κ2) is 7.82. The Morgan fingerprint density at radius 1 is 0.885 bits per heavy atom. The molecule has 0 spiro atoms. The third-order valence-electron chi connectivity index (χ3n) is 4.25. The predicted molar refractivity (Wildman–Crippen MR) is 99.8 cm³/mol. The van der Waals surface area contributed by atoms with Crippen LogP contribution in [0.2, 0.25) is 0 Å². The molecule has 0 unspecified atom stereocenters. The molecular weight excluding hydrogens is 332 g/mol. The summed E-state index contributed by atoms with van der Waals surface area (Å²) in [4.78, 5) is 35.5. The van der Waals surface area contributed by atoms with Gasteiger partial charge in [0.1, 0.15) is 0 Å². The van der Waals surface area contributed by atoms with Gasteiger partial charge < -0.3 is 15.7 Å². The monoisotopic (exact) mass is 354 g/mol. The van der Waals surface area contributed by atoms with Gasteiger partial charge in [-0.3, -0.25) is 9.59 Å². The van der Waals surface area contributed by atoms with E-state index in [1.807, 2.05) is 19.9 Å². The van der Waals surface area contributed by atoms with Crippen molar-refractivity contribution in [1.29, 1.82) is 0 Å². The lowest BCUT2D eigenvalue weighted by Gasteiger charge is -2.12. The number of aryl methyl sites for hydroxylation is 4. The lowest BCUT2D eigenvalue weighted by Crippen LogP contribution is -2.33. The second-order valence-electron chi connectivity index (χ2n) is 6.32. The number of anilines is 1. The highest BCUT2D eigenvalue weighted by atomic mass is 16.4. The van der Waals surface area contributed by atoms with Crippen LogP contribution in [0, 0.1) is 27.7 Å². The molecule has 0 radical (unpaired) electrons. The fraction of sp³-hybridized carbons (Fsp3) is 0.250. The van der Waals surface area contributed by atoms with Crippen LogP contribution in [0.1, 0.15) is 43.0 Å². The lowest BCUT2D eigenvalue weighted by molar-refractivity contribution is -0.115. The van der Waals surface area contributed by atoms with Gasteiger partial charge in [-0.05, 0) is 68.1 Å². The Morgan fingerprint density at radius 2 is 1.58 bits per heavy atom. The van der Waals surface area contributed by atoms with Crippen molar-refractivity contribution < 1.29 is 19.5 Å². The molecule has 0 atom stereocenters. The number of carboxylic acids is 1. The van der Waals surface area contributed by atoms with Gasteiger partial charge in [-0.1, -0.05) is 12.1 Å². The van der Waals surface area contributed by atoms with Gasteiger partial charge in [0.15, 0.2) is 0 Å². The van der Waals surface area contributed by atoms with E-state index in [1.54, 1.807) is 32.0 Å². The Balaban J connectivity index is 2.03. The molecule has 0 bridgehead atoms. The van der Waals surface area contributed by atoms with Crippen LogP contribution < -0.4 is 10.6 Å². The highest BCUT2D eigenvalue weighted by Crippen LogP contribution is 2.20. The average molecular weight is 354 g/mol. The second-order valence-corrected chi connectivity index (χ2v) is 6.32. The highest BCUT2D eigenvalue weighted by Gasteiger charge is 2.13. The maximum atomic E-state index is 12.2. The molecule has 2 rings (SSSR count). The molecule has 0 aliphatic rings. The molecule has 2 aromatic rings. The number of carboxylic acid groups (broad SMARTS) is 1. The van der Waals surface area contributed by atoms with E-state index in [4.69, 9.17) is 0 Å². The first-order valence-corrected chi connectivity index (χ1v) is 8.19. The quantitative estimate of drug-likeness (QED) is 0.769. The number of benzene rings is 2. The summed E-state index contributed by atoms with van der Waals surface area (Å²) in [7, 11) is 0. The minimum absolute atomic E-state index is 0.130. The summed E-state index contributed by atoms with van der Waals surface area (Å²) in [5.74, 6) is -1.82. The summed E-state index contributed by atoms with van der Waals surface area (Å²) < 4.78 is 0. The lowest BCUT2D eigenvalue weighted by atomic mass is 10.0.